The van der Waals surface area contributed by atoms with E-state index < -0.39 is 11.9 Å². The van der Waals surface area contributed by atoms with Crippen molar-refractivity contribution in [3.63, 3.8) is 0 Å². The van der Waals surface area contributed by atoms with Gasteiger partial charge in [0.1, 0.15) is 0 Å². The van der Waals surface area contributed by atoms with Gasteiger partial charge in [-0.3, -0.25) is 9.78 Å². The molecule has 0 aromatic heterocycles. The Bertz CT molecular complexity index is 1230. The van der Waals surface area contributed by atoms with Gasteiger partial charge in [0.15, 0.2) is 0 Å². The Labute approximate surface area is 323 Å². The van der Waals surface area contributed by atoms with E-state index in [0.29, 0.717) is 58.2 Å². The molecular weight excluding hydrogens is 657 g/mol. The van der Waals surface area contributed by atoms with Crippen LogP contribution in [0.25, 0.3) is 0 Å². The Hall–Kier alpha value is -1.10. The lowest BCUT2D eigenvalue weighted by molar-refractivity contribution is -0.459. The van der Waals surface area contributed by atoms with Gasteiger partial charge in [0.25, 0.3) is 0 Å². The molecule has 16 atom stereocenters. The van der Waals surface area contributed by atoms with Crippen LogP contribution in [-0.2, 0) is 24.4 Å². The summed E-state index contributed by atoms with van der Waals surface area (Å²) in [4.78, 5) is 35.5. The van der Waals surface area contributed by atoms with Gasteiger partial charge in [-0.25, -0.2) is 9.59 Å². The highest BCUT2D eigenvalue weighted by Crippen LogP contribution is 2.70. The predicted molar refractivity (Wildman–Crippen MR) is 210 cm³/mol. The van der Waals surface area contributed by atoms with Crippen molar-refractivity contribution in [2.45, 2.75) is 196 Å². The molecule has 0 spiro atoms. The predicted octanol–water partition coefficient (Wildman–Crippen LogP) is 12.8. The second-order valence-corrected chi connectivity index (χ2v) is 22.3. The van der Waals surface area contributed by atoms with E-state index in [1.807, 2.05) is 0 Å². The standard InChI is InChI=1S/C48H78O5/c1-31(37-19-21-39-35-17-15-33-11-7-9-27-45(33,3)41(35)25-29-47(37,39)5)13-23-43(49)51-53-52-44(50)24-14-32(2)38-20-22-40-36-18-16-34-12-8-10-28-46(34,4)42(36)26-30-48(38,40)6/h31-42H,7-30H2,1-6H3/t31-,32-,33?,34?,35?,36?,37-,38-,39?,40?,41?,42?,45+,46+,47-,48-/m1/s1. The Morgan fingerprint density at radius 1 is 0.491 bits per heavy atom. The Morgan fingerprint density at radius 2 is 0.906 bits per heavy atom. The molecule has 8 rings (SSSR count). The number of carbonyl (C=O) groups is 2. The number of carbonyl (C=O) groups excluding carboxylic acids is 2. The van der Waals surface area contributed by atoms with Crippen LogP contribution < -0.4 is 0 Å². The van der Waals surface area contributed by atoms with Crippen LogP contribution in [0.3, 0.4) is 0 Å². The van der Waals surface area contributed by atoms with Gasteiger partial charge in [-0.15, -0.1) is 0 Å². The highest BCUT2D eigenvalue weighted by atomic mass is 17.5. The summed E-state index contributed by atoms with van der Waals surface area (Å²) in [5.41, 5.74) is 1.96. The Morgan fingerprint density at radius 3 is 1.34 bits per heavy atom. The third kappa shape index (κ3) is 6.69. The SMILES string of the molecule is C[C@H](CCC(=O)OOOC(=O)CC[C@@H](C)[C@H]1CCC2C3CCC4CCCC[C@]4(C)C3CC[C@@]21C)[C@H]1CCC2C3CCC4CCCC[C@]4(C)C3CC[C@@]21C. The molecule has 0 heterocycles. The lowest BCUT2D eigenvalue weighted by Crippen LogP contribution is -2.53. The van der Waals surface area contributed by atoms with Crippen molar-refractivity contribution in [2.24, 2.45) is 92.7 Å². The van der Waals surface area contributed by atoms with Crippen molar-refractivity contribution in [3.8, 4) is 0 Å². The van der Waals surface area contributed by atoms with Gasteiger partial charge in [0.05, 0.1) is 0 Å². The minimum atomic E-state index is -0.429. The molecule has 8 aliphatic rings. The lowest BCUT2D eigenvalue weighted by Gasteiger charge is -2.61. The second-order valence-electron chi connectivity index (χ2n) is 22.3. The maximum Gasteiger partial charge on any atom is 0.346 e. The van der Waals surface area contributed by atoms with Crippen LogP contribution in [-0.4, -0.2) is 11.9 Å². The van der Waals surface area contributed by atoms with Crippen molar-refractivity contribution in [3.05, 3.63) is 0 Å². The second kappa shape index (κ2) is 15.0. The summed E-state index contributed by atoms with van der Waals surface area (Å²) in [6.07, 6.45) is 30.6. The summed E-state index contributed by atoms with van der Waals surface area (Å²) >= 11 is 0. The summed E-state index contributed by atoms with van der Waals surface area (Å²) in [5.74, 6) is 8.73. The minimum absolute atomic E-state index is 0.307. The summed E-state index contributed by atoms with van der Waals surface area (Å²) in [6.45, 7) is 15.3. The average Bonchev–Trinajstić information content (AvgIpc) is 3.69. The fourth-order valence-corrected chi connectivity index (χ4v) is 17.8. The van der Waals surface area contributed by atoms with Gasteiger partial charge >= 0.3 is 11.9 Å². The summed E-state index contributed by atoms with van der Waals surface area (Å²) in [5, 5.41) is 4.81. The first-order valence-electron chi connectivity index (χ1n) is 23.5. The number of fused-ring (bicyclic) bond motifs is 10. The number of hydrogen-bond donors (Lipinski definition) is 0. The van der Waals surface area contributed by atoms with Crippen molar-refractivity contribution < 1.29 is 24.4 Å². The maximum absolute atomic E-state index is 12.7. The number of hydrogen-bond acceptors (Lipinski definition) is 5. The highest BCUT2D eigenvalue weighted by Gasteiger charge is 2.61. The van der Waals surface area contributed by atoms with Crippen LogP contribution in [0, 0.1) is 92.7 Å². The largest absolute Gasteiger partial charge is 0.346 e. The zero-order valence-corrected chi connectivity index (χ0v) is 34.9. The van der Waals surface area contributed by atoms with E-state index in [9.17, 15) is 9.59 Å². The molecule has 53 heavy (non-hydrogen) atoms. The van der Waals surface area contributed by atoms with Crippen LogP contribution in [0.4, 0.5) is 0 Å². The summed E-state index contributed by atoms with van der Waals surface area (Å²) < 4.78 is 0. The zero-order chi connectivity index (χ0) is 37.2. The van der Waals surface area contributed by atoms with Crippen LogP contribution >= 0.6 is 0 Å². The molecule has 8 unspecified atom stereocenters. The molecule has 0 amide bonds. The zero-order valence-electron chi connectivity index (χ0n) is 34.9. The van der Waals surface area contributed by atoms with Crippen molar-refractivity contribution in [2.75, 3.05) is 0 Å². The first-order chi connectivity index (χ1) is 25.4. The monoisotopic (exact) mass is 735 g/mol. The van der Waals surface area contributed by atoms with Gasteiger partial charge in [-0.2, -0.15) is 0 Å². The lowest BCUT2D eigenvalue weighted by atomic mass is 9.44. The third-order valence-corrected chi connectivity index (χ3v) is 20.5. The van der Waals surface area contributed by atoms with Gasteiger partial charge in [0.2, 0.25) is 0 Å². The molecule has 300 valence electrons. The molecule has 0 bridgehead atoms. The van der Waals surface area contributed by atoms with Gasteiger partial charge in [-0.05, 0) is 208 Å². The average molecular weight is 735 g/mol. The first-order valence-corrected chi connectivity index (χ1v) is 23.5. The fraction of sp³-hybridized carbons (Fsp3) is 0.958. The van der Waals surface area contributed by atoms with Crippen molar-refractivity contribution >= 4 is 11.9 Å². The van der Waals surface area contributed by atoms with E-state index >= 15 is 0 Å². The topological polar surface area (TPSA) is 61.8 Å². The van der Waals surface area contributed by atoms with E-state index in [2.05, 4.69) is 41.5 Å². The Kier molecular flexibility index (Phi) is 11.0. The molecule has 8 fully saturated rings. The van der Waals surface area contributed by atoms with Crippen molar-refractivity contribution in [1.82, 2.24) is 0 Å². The highest BCUT2D eigenvalue weighted by molar-refractivity contribution is 5.69. The summed E-state index contributed by atoms with van der Waals surface area (Å²) in [6, 6.07) is 0. The van der Waals surface area contributed by atoms with E-state index in [-0.39, 0.29) is 0 Å². The van der Waals surface area contributed by atoms with Crippen LogP contribution in [0.15, 0.2) is 0 Å². The molecule has 0 N–H and O–H groups in total. The van der Waals surface area contributed by atoms with Crippen LogP contribution in [0.2, 0.25) is 0 Å². The van der Waals surface area contributed by atoms with Crippen molar-refractivity contribution in [1.29, 1.82) is 0 Å². The maximum atomic E-state index is 12.7. The molecule has 0 aromatic carbocycles. The normalized spacial score (nSPS) is 48.5. The number of rotatable bonds is 10. The van der Waals surface area contributed by atoms with E-state index in [0.717, 1.165) is 60.2 Å². The van der Waals surface area contributed by atoms with Crippen LogP contribution in [0.1, 0.15) is 196 Å². The molecule has 5 heteroatoms. The molecular formula is C48H78O5. The molecule has 8 saturated carbocycles. The van der Waals surface area contributed by atoms with E-state index in [1.165, 1.54) is 128 Å². The molecule has 0 saturated heterocycles. The van der Waals surface area contributed by atoms with E-state index in [1.54, 1.807) is 0 Å². The molecule has 0 aromatic rings. The molecule has 0 radical (unpaired) electrons. The first kappa shape index (κ1) is 38.8. The molecule has 8 aliphatic carbocycles. The third-order valence-electron chi connectivity index (χ3n) is 20.5. The molecule has 0 aliphatic heterocycles. The van der Waals surface area contributed by atoms with Gasteiger partial charge in [0, 0.05) is 17.9 Å². The molecule has 5 nitrogen and oxygen atoms in total. The minimum Gasteiger partial charge on any atom is -0.260 e. The van der Waals surface area contributed by atoms with Crippen LogP contribution in [0.5, 0.6) is 0 Å². The van der Waals surface area contributed by atoms with Gasteiger partial charge < -0.3 is 0 Å². The fourth-order valence-electron chi connectivity index (χ4n) is 17.8. The van der Waals surface area contributed by atoms with Gasteiger partial charge in [-0.1, -0.05) is 67.2 Å². The quantitative estimate of drug-likeness (QED) is 0.165. The smallest absolute Gasteiger partial charge is 0.260 e. The summed E-state index contributed by atoms with van der Waals surface area (Å²) in [7, 11) is 0. The van der Waals surface area contributed by atoms with E-state index in [4.69, 9.17) is 14.8 Å². The Balaban J connectivity index is 0.751.